The molecule has 22 heavy (non-hydrogen) atoms. The van der Waals surface area contributed by atoms with Gasteiger partial charge in [0.25, 0.3) is 0 Å². The molecular weight excluding hydrogens is 280 g/mol. The van der Waals surface area contributed by atoms with Crippen LogP contribution in [-0.2, 0) is 0 Å². The van der Waals surface area contributed by atoms with Crippen LogP contribution in [0.1, 0.15) is 47.0 Å². The molecule has 0 aliphatic heterocycles. The second-order valence-corrected chi connectivity index (χ2v) is 7.18. The molecule has 1 fully saturated rings. The summed E-state index contributed by atoms with van der Waals surface area (Å²) < 4.78 is 5.34. The molecule has 1 saturated carbocycles. The lowest BCUT2D eigenvalue weighted by Gasteiger charge is -2.32. The van der Waals surface area contributed by atoms with Gasteiger partial charge in [-0.05, 0) is 46.0 Å². The third-order valence-electron chi connectivity index (χ3n) is 3.96. The van der Waals surface area contributed by atoms with Crippen molar-refractivity contribution in [2.75, 3.05) is 17.7 Å². The first-order valence-electron chi connectivity index (χ1n) is 7.92. The summed E-state index contributed by atoms with van der Waals surface area (Å²) in [6, 6.07) is 0.206. The van der Waals surface area contributed by atoms with Crippen LogP contribution in [0.25, 0.3) is 0 Å². The molecule has 1 aliphatic rings. The first kappa shape index (κ1) is 16.8. The number of nitrogens with one attached hydrogen (secondary N) is 2. The number of nitrogens with zero attached hydrogens (tertiary/aromatic N) is 2. The first-order chi connectivity index (χ1) is 10.3. The highest BCUT2D eigenvalue weighted by atomic mass is 16.5. The SMILES string of the molecule is COc1cnc(NC(C)(C)C)nc1N[C@@H]1CC[C@@H](C)[C@H](O)C1. The van der Waals surface area contributed by atoms with Crippen molar-refractivity contribution in [3.05, 3.63) is 6.20 Å². The average molecular weight is 308 g/mol. The lowest BCUT2D eigenvalue weighted by atomic mass is 9.85. The molecule has 124 valence electrons. The zero-order valence-corrected chi connectivity index (χ0v) is 14.2. The van der Waals surface area contributed by atoms with Crippen LogP contribution in [0.15, 0.2) is 6.20 Å². The van der Waals surface area contributed by atoms with E-state index in [1.807, 2.05) is 0 Å². The highest BCUT2D eigenvalue weighted by Crippen LogP contribution is 2.29. The van der Waals surface area contributed by atoms with Gasteiger partial charge in [0.05, 0.1) is 19.4 Å². The Morgan fingerprint density at radius 2 is 2.05 bits per heavy atom. The van der Waals surface area contributed by atoms with Gasteiger partial charge in [-0.1, -0.05) is 6.92 Å². The molecule has 6 heteroatoms. The van der Waals surface area contributed by atoms with E-state index >= 15 is 0 Å². The minimum atomic E-state index is -0.258. The molecule has 0 unspecified atom stereocenters. The highest BCUT2D eigenvalue weighted by molar-refractivity contribution is 5.53. The molecule has 0 aromatic carbocycles. The van der Waals surface area contributed by atoms with E-state index in [1.54, 1.807) is 13.3 Å². The number of anilines is 2. The van der Waals surface area contributed by atoms with E-state index in [1.165, 1.54) is 0 Å². The third-order valence-corrected chi connectivity index (χ3v) is 3.96. The van der Waals surface area contributed by atoms with Gasteiger partial charge in [-0.2, -0.15) is 4.98 Å². The Morgan fingerprint density at radius 1 is 1.32 bits per heavy atom. The molecule has 3 N–H and O–H groups in total. The standard InChI is InChI=1S/C16H28N4O2/c1-10-6-7-11(8-12(10)21)18-14-13(22-5)9-17-15(19-14)20-16(2,3)4/h9-12,21H,6-8H2,1-5H3,(H2,17,18,19,20)/t10-,11-,12-/m1/s1. The van der Waals surface area contributed by atoms with E-state index in [4.69, 9.17) is 4.74 Å². The van der Waals surface area contributed by atoms with Gasteiger partial charge < -0.3 is 20.5 Å². The van der Waals surface area contributed by atoms with Crippen LogP contribution in [-0.4, -0.2) is 39.9 Å². The van der Waals surface area contributed by atoms with Crippen molar-refractivity contribution in [1.29, 1.82) is 0 Å². The zero-order chi connectivity index (χ0) is 16.3. The fraction of sp³-hybridized carbons (Fsp3) is 0.750. The van der Waals surface area contributed by atoms with Crippen LogP contribution < -0.4 is 15.4 Å². The summed E-state index contributed by atoms with van der Waals surface area (Å²) in [5, 5.41) is 16.7. The Hall–Kier alpha value is -1.56. The van der Waals surface area contributed by atoms with Crippen molar-refractivity contribution in [2.45, 2.75) is 64.6 Å². The van der Waals surface area contributed by atoms with Gasteiger partial charge in [0, 0.05) is 11.6 Å². The predicted octanol–water partition coefficient (Wildman–Crippen LogP) is 2.66. The van der Waals surface area contributed by atoms with Crippen LogP contribution in [0.2, 0.25) is 0 Å². The van der Waals surface area contributed by atoms with Gasteiger partial charge in [-0.25, -0.2) is 4.98 Å². The monoisotopic (exact) mass is 308 g/mol. The minimum absolute atomic E-state index is 0.109. The summed E-state index contributed by atoms with van der Waals surface area (Å²) in [5.41, 5.74) is -0.109. The number of aliphatic hydroxyl groups excluding tert-OH is 1. The molecule has 1 aromatic rings. The fourth-order valence-corrected chi connectivity index (χ4v) is 2.64. The van der Waals surface area contributed by atoms with Crippen molar-refractivity contribution in [2.24, 2.45) is 5.92 Å². The first-order valence-corrected chi connectivity index (χ1v) is 7.92. The molecule has 1 aliphatic carbocycles. The van der Waals surface area contributed by atoms with E-state index in [2.05, 4.69) is 48.3 Å². The van der Waals surface area contributed by atoms with Crippen LogP contribution >= 0.6 is 0 Å². The van der Waals surface area contributed by atoms with Crippen LogP contribution in [0.5, 0.6) is 5.75 Å². The molecule has 0 saturated heterocycles. The van der Waals surface area contributed by atoms with Crippen molar-refractivity contribution in [3.63, 3.8) is 0 Å². The molecule has 0 amide bonds. The summed E-state index contributed by atoms with van der Waals surface area (Å²) in [4.78, 5) is 8.81. The molecule has 3 atom stereocenters. The van der Waals surface area contributed by atoms with Crippen molar-refractivity contribution in [3.8, 4) is 5.75 Å². The van der Waals surface area contributed by atoms with Crippen molar-refractivity contribution in [1.82, 2.24) is 9.97 Å². The third kappa shape index (κ3) is 4.47. The van der Waals surface area contributed by atoms with E-state index < -0.39 is 0 Å². The highest BCUT2D eigenvalue weighted by Gasteiger charge is 2.27. The van der Waals surface area contributed by atoms with Crippen molar-refractivity contribution >= 4 is 11.8 Å². The number of rotatable bonds is 4. The van der Waals surface area contributed by atoms with E-state index in [-0.39, 0.29) is 17.7 Å². The average Bonchev–Trinajstić information content (AvgIpc) is 2.41. The maximum absolute atomic E-state index is 10.0. The largest absolute Gasteiger partial charge is 0.491 e. The van der Waals surface area contributed by atoms with Crippen LogP contribution in [0, 0.1) is 5.92 Å². The maximum Gasteiger partial charge on any atom is 0.225 e. The Balaban J connectivity index is 2.12. The van der Waals surface area contributed by atoms with E-state index in [0.717, 1.165) is 19.3 Å². The Kier molecular flexibility index (Phi) is 5.11. The maximum atomic E-state index is 10.0. The molecule has 0 radical (unpaired) electrons. The molecule has 6 nitrogen and oxygen atoms in total. The summed E-state index contributed by atoms with van der Waals surface area (Å²) in [5.74, 6) is 2.23. The summed E-state index contributed by atoms with van der Waals surface area (Å²) in [6.07, 6.45) is 4.18. The number of methoxy groups -OCH3 is 1. The topological polar surface area (TPSA) is 79.3 Å². The number of hydrogen-bond donors (Lipinski definition) is 3. The molecule has 1 heterocycles. The molecule has 2 rings (SSSR count). The minimum Gasteiger partial charge on any atom is -0.491 e. The number of aromatic nitrogens is 2. The van der Waals surface area contributed by atoms with Crippen LogP contribution in [0.3, 0.4) is 0 Å². The van der Waals surface area contributed by atoms with E-state index in [0.29, 0.717) is 23.4 Å². The van der Waals surface area contributed by atoms with Gasteiger partial charge in [0.15, 0.2) is 11.6 Å². The van der Waals surface area contributed by atoms with Gasteiger partial charge in [0.2, 0.25) is 5.95 Å². The molecule has 0 spiro atoms. The second kappa shape index (κ2) is 6.69. The van der Waals surface area contributed by atoms with Gasteiger partial charge in [-0.3, -0.25) is 0 Å². The number of aliphatic hydroxyl groups is 1. The summed E-state index contributed by atoms with van der Waals surface area (Å²) >= 11 is 0. The molecule has 1 aromatic heterocycles. The number of hydrogen-bond acceptors (Lipinski definition) is 6. The predicted molar refractivity (Wildman–Crippen MR) is 88.4 cm³/mol. The Labute approximate surface area is 132 Å². The Bertz CT molecular complexity index is 501. The van der Waals surface area contributed by atoms with Gasteiger partial charge in [-0.15, -0.1) is 0 Å². The molecule has 0 bridgehead atoms. The molecular formula is C16H28N4O2. The van der Waals surface area contributed by atoms with Crippen LogP contribution in [0.4, 0.5) is 11.8 Å². The second-order valence-electron chi connectivity index (χ2n) is 7.18. The Morgan fingerprint density at radius 3 is 2.64 bits per heavy atom. The normalized spacial score (nSPS) is 25.6. The van der Waals surface area contributed by atoms with Crippen molar-refractivity contribution < 1.29 is 9.84 Å². The summed E-state index contributed by atoms with van der Waals surface area (Å²) in [7, 11) is 1.61. The fourth-order valence-electron chi connectivity index (χ4n) is 2.64. The van der Waals surface area contributed by atoms with Gasteiger partial charge in [0.1, 0.15) is 0 Å². The van der Waals surface area contributed by atoms with E-state index in [9.17, 15) is 5.11 Å². The van der Waals surface area contributed by atoms with Gasteiger partial charge >= 0.3 is 0 Å². The lowest BCUT2D eigenvalue weighted by molar-refractivity contribution is 0.0739. The zero-order valence-electron chi connectivity index (χ0n) is 14.2. The quantitative estimate of drug-likeness (QED) is 0.793. The smallest absolute Gasteiger partial charge is 0.225 e. The summed E-state index contributed by atoms with van der Waals surface area (Å²) in [6.45, 7) is 8.28. The number of ether oxygens (including phenoxy) is 1. The lowest BCUT2D eigenvalue weighted by Crippen LogP contribution is -2.35.